The number of nitrogens with two attached hydrogens (primary N) is 1. The number of piperidine rings is 1. The van der Waals surface area contributed by atoms with Crippen LogP contribution in [-0.2, 0) is 14.3 Å². The highest BCUT2D eigenvalue weighted by molar-refractivity contribution is 6.40. The number of hydrazone groups is 1. The van der Waals surface area contributed by atoms with Crippen molar-refractivity contribution >= 4 is 29.3 Å². The molecule has 3 N–H and O–H groups in total. The van der Waals surface area contributed by atoms with Crippen molar-refractivity contribution in [3.05, 3.63) is 30.1 Å². The summed E-state index contributed by atoms with van der Waals surface area (Å²) in [5.41, 5.74) is 5.57. The number of primary amides is 1. The number of benzene rings is 1. The molecule has 1 unspecified atom stereocenters. The van der Waals surface area contributed by atoms with Crippen LogP contribution in [0.5, 0.6) is 0 Å². The van der Waals surface area contributed by atoms with Crippen LogP contribution in [0.1, 0.15) is 40.0 Å². The Labute approximate surface area is 180 Å². The molecule has 0 saturated carbocycles. The van der Waals surface area contributed by atoms with Crippen molar-refractivity contribution in [3.8, 4) is 0 Å². The number of anilines is 1. The minimum absolute atomic E-state index is 0.0648. The van der Waals surface area contributed by atoms with Gasteiger partial charge in [0.2, 0.25) is 5.91 Å². The number of hydrogen-bond donors (Lipinski definition) is 2. The zero-order valence-corrected chi connectivity index (χ0v) is 17.9. The Morgan fingerprint density at radius 2 is 1.77 bits per heavy atom. The summed E-state index contributed by atoms with van der Waals surface area (Å²) < 4.78 is 18.6. The first-order chi connectivity index (χ1) is 14.5. The maximum absolute atomic E-state index is 13.2. The highest BCUT2D eigenvalue weighted by Crippen LogP contribution is 2.25. The molecule has 1 fully saturated rings. The van der Waals surface area contributed by atoms with E-state index in [1.54, 1.807) is 4.90 Å². The standard InChI is InChI=1S/C21H28FN5O4/c1-21(2,3)31-20(30)26-10-8-14(9-11-26)24-19(29)16-12-17(18(23)28)27(25-16)15-6-4-13(22)5-7-15/h4-7,14,17H,8-12H2,1-3H3,(H2,23,28)(H,24,29). The predicted octanol–water partition coefficient (Wildman–Crippen LogP) is 1.76. The van der Waals surface area contributed by atoms with Gasteiger partial charge >= 0.3 is 6.09 Å². The van der Waals surface area contributed by atoms with Crippen LogP contribution < -0.4 is 16.1 Å². The number of nitrogens with one attached hydrogen (secondary N) is 1. The lowest BCUT2D eigenvalue weighted by molar-refractivity contribution is -0.119. The molecule has 0 aliphatic carbocycles. The number of ether oxygens (including phenoxy) is 1. The van der Waals surface area contributed by atoms with Crippen LogP contribution >= 0.6 is 0 Å². The number of nitrogens with zero attached hydrogens (tertiary/aromatic N) is 3. The van der Waals surface area contributed by atoms with E-state index in [1.807, 2.05) is 20.8 Å². The molecule has 2 aliphatic rings. The van der Waals surface area contributed by atoms with Gasteiger partial charge < -0.3 is 20.7 Å². The lowest BCUT2D eigenvalue weighted by atomic mass is 10.0. The molecular weight excluding hydrogens is 405 g/mol. The van der Waals surface area contributed by atoms with Gasteiger partial charge in [0.15, 0.2) is 0 Å². The SMILES string of the molecule is CC(C)(C)OC(=O)N1CCC(NC(=O)C2=NN(c3ccc(F)cc3)C(C(N)=O)C2)CC1. The first-order valence-corrected chi connectivity index (χ1v) is 10.2. The molecule has 2 aliphatic heterocycles. The van der Waals surface area contributed by atoms with Crippen LogP contribution in [0, 0.1) is 5.82 Å². The normalized spacial score (nSPS) is 19.7. The lowest BCUT2D eigenvalue weighted by Gasteiger charge is -2.33. The van der Waals surface area contributed by atoms with Crippen LogP contribution in [0.3, 0.4) is 0 Å². The number of likely N-dealkylation sites (tertiary alicyclic amines) is 1. The van der Waals surface area contributed by atoms with E-state index < -0.39 is 23.4 Å². The second kappa shape index (κ2) is 8.91. The van der Waals surface area contributed by atoms with E-state index in [2.05, 4.69) is 10.4 Å². The first-order valence-electron chi connectivity index (χ1n) is 10.2. The van der Waals surface area contributed by atoms with Gasteiger partial charge in [-0.1, -0.05) is 0 Å². The van der Waals surface area contributed by atoms with Crippen LogP contribution in [0.4, 0.5) is 14.9 Å². The van der Waals surface area contributed by atoms with E-state index in [-0.39, 0.29) is 30.2 Å². The summed E-state index contributed by atoms with van der Waals surface area (Å²) in [6.45, 7) is 6.38. The van der Waals surface area contributed by atoms with E-state index >= 15 is 0 Å². The molecule has 2 heterocycles. The number of carbonyl (C=O) groups is 3. The third-order valence-electron chi connectivity index (χ3n) is 5.07. The Morgan fingerprint density at radius 3 is 2.32 bits per heavy atom. The summed E-state index contributed by atoms with van der Waals surface area (Å²) >= 11 is 0. The van der Waals surface area contributed by atoms with Crippen molar-refractivity contribution < 1.29 is 23.5 Å². The number of rotatable bonds is 4. The Bertz CT molecular complexity index is 873. The van der Waals surface area contributed by atoms with E-state index in [0.717, 1.165) is 0 Å². The number of carbonyl (C=O) groups excluding carboxylic acids is 3. The summed E-state index contributed by atoms with van der Waals surface area (Å²) in [7, 11) is 0. The summed E-state index contributed by atoms with van der Waals surface area (Å²) in [6, 6.07) is 4.50. The van der Waals surface area contributed by atoms with Crippen molar-refractivity contribution in [2.24, 2.45) is 10.8 Å². The van der Waals surface area contributed by atoms with Gasteiger partial charge in [-0.25, -0.2) is 9.18 Å². The van der Waals surface area contributed by atoms with Gasteiger partial charge in [-0.05, 0) is 57.9 Å². The van der Waals surface area contributed by atoms with Crippen molar-refractivity contribution in [2.45, 2.75) is 57.7 Å². The average Bonchev–Trinajstić information content (AvgIpc) is 3.14. The summed E-state index contributed by atoms with van der Waals surface area (Å²) in [6.07, 6.45) is 0.866. The Kier molecular flexibility index (Phi) is 6.47. The summed E-state index contributed by atoms with van der Waals surface area (Å²) in [5, 5.41) is 8.54. The maximum atomic E-state index is 13.2. The summed E-state index contributed by atoms with van der Waals surface area (Å²) in [5.74, 6) is -1.42. The zero-order valence-electron chi connectivity index (χ0n) is 17.9. The number of halogens is 1. The van der Waals surface area contributed by atoms with Crippen LogP contribution in [0.15, 0.2) is 29.4 Å². The largest absolute Gasteiger partial charge is 0.444 e. The van der Waals surface area contributed by atoms with Crippen LogP contribution in [0.2, 0.25) is 0 Å². The molecule has 1 aromatic rings. The van der Waals surface area contributed by atoms with Crippen molar-refractivity contribution in [3.63, 3.8) is 0 Å². The summed E-state index contributed by atoms with van der Waals surface area (Å²) in [4.78, 5) is 38.4. The van der Waals surface area contributed by atoms with Gasteiger partial charge in [-0.15, -0.1) is 0 Å². The molecule has 10 heteroatoms. The number of hydrogen-bond acceptors (Lipinski definition) is 6. The van der Waals surface area contributed by atoms with E-state index in [4.69, 9.17) is 10.5 Å². The maximum Gasteiger partial charge on any atom is 0.410 e. The van der Waals surface area contributed by atoms with Gasteiger partial charge in [-0.2, -0.15) is 5.10 Å². The topological polar surface area (TPSA) is 117 Å². The molecule has 1 saturated heterocycles. The van der Waals surface area contributed by atoms with Gasteiger partial charge in [-0.3, -0.25) is 14.6 Å². The average molecular weight is 433 g/mol. The fraction of sp³-hybridized carbons (Fsp3) is 0.524. The Hall–Kier alpha value is -3.17. The van der Waals surface area contributed by atoms with Crippen molar-refractivity contribution in [2.75, 3.05) is 18.1 Å². The fourth-order valence-electron chi connectivity index (χ4n) is 3.50. The van der Waals surface area contributed by atoms with E-state index in [9.17, 15) is 18.8 Å². The lowest BCUT2D eigenvalue weighted by Crippen LogP contribution is -2.49. The third-order valence-corrected chi connectivity index (χ3v) is 5.07. The highest BCUT2D eigenvalue weighted by Gasteiger charge is 2.36. The first kappa shape index (κ1) is 22.5. The van der Waals surface area contributed by atoms with Crippen molar-refractivity contribution in [1.82, 2.24) is 10.2 Å². The van der Waals surface area contributed by atoms with Crippen molar-refractivity contribution in [1.29, 1.82) is 0 Å². The molecule has 1 atom stereocenters. The molecule has 1 aromatic carbocycles. The van der Waals surface area contributed by atoms with E-state index in [0.29, 0.717) is 31.6 Å². The molecular formula is C21H28FN5O4. The monoisotopic (exact) mass is 433 g/mol. The molecule has 31 heavy (non-hydrogen) atoms. The molecule has 0 spiro atoms. The molecule has 0 aromatic heterocycles. The smallest absolute Gasteiger partial charge is 0.410 e. The second-order valence-electron chi connectivity index (χ2n) is 8.71. The second-order valence-corrected chi connectivity index (χ2v) is 8.71. The highest BCUT2D eigenvalue weighted by atomic mass is 19.1. The third kappa shape index (κ3) is 5.71. The molecule has 0 radical (unpaired) electrons. The van der Waals surface area contributed by atoms with Gasteiger partial charge in [0.05, 0.1) is 5.69 Å². The fourth-order valence-corrected chi connectivity index (χ4v) is 3.50. The molecule has 3 amide bonds. The predicted molar refractivity (Wildman–Crippen MR) is 113 cm³/mol. The number of amides is 3. The minimum Gasteiger partial charge on any atom is -0.444 e. The van der Waals surface area contributed by atoms with E-state index in [1.165, 1.54) is 29.3 Å². The molecule has 0 bridgehead atoms. The van der Waals surface area contributed by atoms with Gasteiger partial charge in [0.1, 0.15) is 23.2 Å². The minimum atomic E-state index is -0.819. The molecule has 3 rings (SSSR count). The van der Waals surface area contributed by atoms with Crippen LogP contribution in [0.25, 0.3) is 0 Å². The molecule has 9 nitrogen and oxygen atoms in total. The molecule has 168 valence electrons. The Morgan fingerprint density at radius 1 is 1.16 bits per heavy atom. The van der Waals surface area contributed by atoms with Gasteiger partial charge in [0, 0.05) is 25.6 Å². The quantitative estimate of drug-likeness (QED) is 0.750. The Balaban J connectivity index is 1.59. The zero-order chi connectivity index (χ0) is 22.8. The van der Waals surface area contributed by atoms with Crippen LogP contribution in [-0.4, -0.2) is 59.3 Å². The van der Waals surface area contributed by atoms with Gasteiger partial charge in [0.25, 0.3) is 5.91 Å².